The van der Waals surface area contributed by atoms with Crippen LogP contribution in [0.5, 0.6) is 5.75 Å². The largest absolute Gasteiger partial charge is 0.487 e. The lowest BCUT2D eigenvalue weighted by molar-refractivity contribution is -0.127. The SMILES string of the molecule is CC(C)(c1ccc(OCc2ccnc(N3CC4(COC4)C3)n2)cc1)c1ccc(C(N)=O)cc1. The van der Waals surface area contributed by atoms with Gasteiger partial charge in [-0.25, -0.2) is 9.97 Å². The standard InChI is InChI=1S/C26H28N4O3/c1-25(2,19-5-3-18(4-6-19)23(27)31)20-7-9-22(10-8-20)33-13-21-11-12-28-24(29-21)30-14-26(15-30)16-32-17-26/h3-12H,13-17H2,1-2H3,(H2,27,31). The summed E-state index contributed by atoms with van der Waals surface area (Å²) in [6.07, 6.45) is 1.79. The van der Waals surface area contributed by atoms with Crippen LogP contribution in [0.3, 0.4) is 0 Å². The van der Waals surface area contributed by atoms with Gasteiger partial charge in [0.25, 0.3) is 0 Å². The number of carbonyl (C=O) groups is 1. The van der Waals surface area contributed by atoms with E-state index >= 15 is 0 Å². The van der Waals surface area contributed by atoms with Gasteiger partial charge >= 0.3 is 0 Å². The van der Waals surface area contributed by atoms with Crippen molar-refractivity contribution >= 4 is 11.9 Å². The zero-order valence-corrected chi connectivity index (χ0v) is 19.0. The van der Waals surface area contributed by atoms with Gasteiger partial charge in [0.2, 0.25) is 11.9 Å². The molecule has 0 aliphatic carbocycles. The maximum Gasteiger partial charge on any atom is 0.248 e. The van der Waals surface area contributed by atoms with E-state index in [1.54, 1.807) is 18.3 Å². The van der Waals surface area contributed by atoms with Crippen LogP contribution in [0.1, 0.15) is 41.0 Å². The smallest absolute Gasteiger partial charge is 0.248 e. The van der Waals surface area contributed by atoms with Crippen molar-refractivity contribution in [1.82, 2.24) is 9.97 Å². The maximum atomic E-state index is 11.3. The van der Waals surface area contributed by atoms with Gasteiger partial charge < -0.3 is 20.1 Å². The van der Waals surface area contributed by atoms with Gasteiger partial charge in [-0.2, -0.15) is 0 Å². The van der Waals surface area contributed by atoms with Gasteiger partial charge in [-0.15, -0.1) is 0 Å². The third-order valence-electron chi connectivity index (χ3n) is 6.71. The minimum atomic E-state index is -0.418. The van der Waals surface area contributed by atoms with Gasteiger partial charge in [0.05, 0.1) is 24.3 Å². The first-order chi connectivity index (χ1) is 15.8. The topological polar surface area (TPSA) is 90.6 Å². The second kappa shape index (κ2) is 8.15. The average Bonchev–Trinajstić information content (AvgIpc) is 2.76. The molecule has 170 valence electrons. The van der Waals surface area contributed by atoms with E-state index in [1.807, 2.05) is 30.3 Å². The molecule has 2 fully saturated rings. The van der Waals surface area contributed by atoms with E-state index in [0.29, 0.717) is 17.6 Å². The molecule has 7 nitrogen and oxygen atoms in total. The number of benzene rings is 2. The van der Waals surface area contributed by atoms with Crippen molar-refractivity contribution in [3.63, 3.8) is 0 Å². The molecule has 3 aromatic rings. The highest BCUT2D eigenvalue weighted by Gasteiger charge is 2.49. The van der Waals surface area contributed by atoms with Gasteiger partial charge in [-0.1, -0.05) is 38.1 Å². The number of rotatable bonds is 7. The zero-order valence-electron chi connectivity index (χ0n) is 19.0. The summed E-state index contributed by atoms with van der Waals surface area (Å²) in [7, 11) is 0. The second-order valence-electron chi connectivity index (χ2n) is 9.58. The van der Waals surface area contributed by atoms with Gasteiger partial charge in [0.15, 0.2) is 0 Å². The number of aromatic nitrogens is 2. The van der Waals surface area contributed by atoms with E-state index in [9.17, 15) is 4.79 Å². The highest BCUT2D eigenvalue weighted by molar-refractivity contribution is 5.92. The Balaban J connectivity index is 1.21. The molecular formula is C26H28N4O3. The Morgan fingerprint density at radius 1 is 1.06 bits per heavy atom. The number of nitrogens with two attached hydrogens (primary N) is 1. The average molecular weight is 445 g/mol. The number of hydrogen-bond acceptors (Lipinski definition) is 6. The van der Waals surface area contributed by atoms with Crippen LogP contribution in [0.4, 0.5) is 5.95 Å². The molecule has 1 amide bonds. The molecule has 33 heavy (non-hydrogen) atoms. The van der Waals surface area contributed by atoms with Crippen LogP contribution < -0.4 is 15.4 Å². The molecule has 2 aliphatic rings. The summed E-state index contributed by atoms with van der Waals surface area (Å²) in [5.41, 5.74) is 9.08. The van der Waals surface area contributed by atoms with Crippen molar-refractivity contribution in [2.75, 3.05) is 31.2 Å². The normalized spacial score (nSPS) is 16.7. The van der Waals surface area contributed by atoms with E-state index in [4.69, 9.17) is 15.2 Å². The van der Waals surface area contributed by atoms with Crippen molar-refractivity contribution in [2.45, 2.75) is 25.9 Å². The molecule has 1 aromatic heterocycles. The predicted octanol–water partition coefficient (Wildman–Crippen LogP) is 3.32. The van der Waals surface area contributed by atoms with E-state index in [-0.39, 0.29) is 5.41 Å². The fraction of sp³-hybridized carbons (Fsp3) is 0.346. The van der Waals surface area contributed by atoms with Crippen molar-refractivity contribution in [3.05, 3.63) is 83.2 Å². The highest BCUT2D eigenvalue weighted by Crippen LogP contribution is 2.39. The summed E-state index contributed by atoms with van der Waals surface area (Å²) < 4.78 is 11.3. The first kappa shape index (κ1) is 21.4. The maximum absolute atomic E-state index is 11.3. The number of hydrogen-bond donors (Lipinski definition) is 1. The molecule has 2 aliphatic heterocycles. The molecule has 2 aromatic carbocycles. The summed E-state index contributed by atoms with van der Waals surface area (Å²) in [6, 6.07) is 17.4. The fourth-order valence-corrected chi connectivity index (χ4v) is 4.44. The third kappa shape index (κ3) is 4.16. The van der Waals surface area contributed by atoms with Crippen molar-refractivity contribution in [3.8, 4) is 5.75 Å². The van der Waals surface area contributed by atoms with Crippen molar-refractivity contribution in [1.29, 1.82) is 0 Å². The monoisotopic (exact) mass is 444 g/mol. The van der Waals surface area contributed by atoms with Crippen LogP contribution in [0.2, 0.25) is 0 Å². The number of nitrogens with zero attached hydrogens (tertiary/aromatic N) is 3. The zero-order chi connectivity index (χ0) is 23.1. The first-order valence-electron chi connectivity index (χ1n) is 11.1. The predicted molar refractivity (Wildman–Crippen MR) is 125 cm³/mol. The Morgan fingerprint density at radius 3 is 2.27 bits per heavy atom. The molecule has 0 radical (unpaired) electrons. The van der Waals surface area contributed by atoms with Crippen LogP contribution in [0.25, 0.3) is 0 Å². The van der Waals surface area contributed by atoms with Crippen LogP contribution >= 0.6 is 0 Å². The lowest BCUT2D eigenvalue weighted by Gasteiger charge is -2.54. The number of anilines is 1. The molecule has 3 heterocycles. The molecule has 0 atom stereocenters. The van der Waals surface area contributed by atoms with Crippen LogP contribution in [0, 0.1) is 5.41 Å². The number of carbonyl (C=O) groups excluding carboxylic acids is 1. The Morgan fingerprint density at radius 2 is 1.70 bits per heavy atom. The number of ether oxygens (including phenoxy) is 2. The Kier molecular flexibility index (Phi) is 5.29. The van der Waals surface area contributed by atoms with Gasteiger partial charge in [-0.05, 0) is 41.5 Å². The third-order valence-corrected chi connectivity index (χ3v) is 6.71. The lowest BCUT2D eigenvalue weighted by atomic mass is 9.78. The lowest BCUT2D eigenvalue weighted by Crippen LogP contribution is -2.66. The summed E-state index contributed by atoms with van der Waals surface area (Å²) in [5, 5.41) is 0. The Hall–Kier alpha value is -3.45. The summed E-state index contributed by atoms with van der Waals surface area (Å²) in [5.74, 6) is 1.12. The summed E-state index contributed by atoms with van der Waals surface area (Å²) >= 11 is 0. The van der Waals surface area contributed by atoms with Crippen LogP contribution in [-0.4, -0.2) is 42.2 Å². The van der Waals surface area contributed by atoms with Crippen LogP contribution in [-0.2, 0) is 16.8 Å². The minimum Gasteiger partial charge on any atom is -0.487 e. The first-order valence-corrected chi connectivity index (χ1v) is 11.1. The number of amides is 1. The van der Waals surface area contributed by atoms with Crippen molar-refractivity contribution < 1.29 is 14.3 Å². The van der Waals surface area contributed by atoms with E-state index < -0.39 is 5.91 Å². The van der Waals surface area contributed by atoms with Crippen LogP contribution in [0.15, 0.2) is 60.8 Å². The summed E-state index contributed by atoms with van der Waals surface area (Å²) in [4.78, 5) is 22.6. The van der Waals surface area contributed by atoms with Crippen molar-refractivity contribution in [2.24, 2.45) is 11.1 Å². The highest BCUT2D eigenvalue weighted by atomic mass is 16.5. The molecule has 0 bridgehead atoms. The van der Waals surface area contributed by atoms with Gasteiger partial charge in [0, 0.05) is 30.3 Å². The van der Waals surface area contributed by atoms with E-state index in [1.165, 1.54) is 0 Å². The molecule has 0 unspecified atom stereocenters. The number of primary amides is 1. The summed E-state index contributed by atoms with van der Waals surface area (Å²) in [6.45, 7) is 8.30. The molecule has 2 N–H and O–H groups in total. The molecule has 2 saturated heterocycles. The van der Waals surface area contributed by atoms with E-state index in [2.05, 4.69) is 40.8 Å². The molecular weight excluding hydrogens is 416 g/mol. The van der Waals surface area contributed by atoms with Gasteiger partial charge in [0.1, 0.15) is 12.4 Å². The fourth-order valence-electron chi connectivity index (χ4n) is 4.44. The Labute approximate surface area is 193 Å². The van der Waals surface area contributed by atoms with Gasteiger partial charge in [-0.3, -0.25) is 4.79 Å². The second-order valence-corrected chi connectivity index (χ2v) is 9.58. The molecule has 5 rings (SSSR count). The quantitative estimate of drug-likeness (QED) is 0.601. The molecule has 1 spiro atoms. The minimum absolute atomic E-state index is 0.226. The Bertz CT molecular complexity index is 1150. The molecule has 7 heteroatoms. The van der Waals surface area contributed by atoms with E-state index in [0.717, 1.165) is 54.8 Å². The molecule has 0 saturated carbocycles.